The zero-order valence-electron chi connectivity index (χ0n) is 15.4. The fraction of sp³-hybridized carbons (Fsp3) is 0.316. The summed E-state index contributed by atoms with van der Waals surface area (Å²) in [5.41, 5.74) is 2.50. The molecule has 2 rings (SSSR count). The van der Waals surface area contributed by atoms with Gasteiger partial charge in [-0.25, -0.2) is 12.7 Å². The summed E-state index contributed by atoms with van der Waals surface area (Å²) < 4.78 is 30.9. The highest BCUT2D eigenvalue weighted by molar-refractivity contribution is 7.89. The monoisotopic (exact) mass is 376 g/mol. The van der Waals surface area contributed by atoms with E-state index in [0.717, 1.165) is 21.2 Å². The predicted octanol–water partition coefficient (Wildman–Crippen LogP) is 2.36. The molecule has 0 radical (unpaired) electrons. The Kier molecular flexibility index (Phi) is 6.39. The van der Waals surface area contributed by atoms with Crippen LogP contribution in [-0.4, -0.2) is 45.9 Å². The molecule has 140 valence electrons. The number of amides is 1. The molecule has 2 aromatic rings. The van der Waals surface area contributed by atoms with Crippen LogP contribution in [0.15, 0.2) is 47.4 Å². The maximum absolute atomic E-state index is 12.2. The van der Waals surface area contributed by atoms with E-state index in [1.807, 2.05) is 32.0 Å². The molecule has 0 aliphatic carbocycles. The number of nitrogens with one attached hydrogen (secondary N) is 1. The van der Waals surface area contributed by atoms with E-state index in [1.54, 1.807) is 0 Å². The zero-order valence-corrected chi connectivity index (χ0v) is 16.3. The summed E-state index contributed by atoms with van der Waals surface area (Å²) in [6.45, 7) is 4.66. The highest BCUT2D eigenvalue weighted by Crippen LogP contribution is 2.22. The lowest BCUT2D eigenvalue weighted by molar-refractivity contribution is 0.0947. The van der Waals surface area contributed by atoms with Crippen LogP contribution in [-0.2, 0) is 10.0 Å². The summed E-state index contributed by atoms with van der Waals surface area (Å²) in [5.74, 6) is 0.559. The van der Waals surface area contributed by atoms with Gasteiger partial charge < -0.3 is 10.1 Å². The number of rotatable bonds is 7. The van der Waals surface area contributed by atoms with Crippen LogP contribution in [0.1, 0.15) is 21.5 Å². The van der Waals surface area contributed by atoms with E-state index in [2.05, 4.69) is 5.32 Å². The molecule has 0 saturated carbocycles. The van der Waals surface area contributed by atoms with E-state index in [4.69, 9.17) is 4.74 Å². The van der Waals surface area contributed by atoms with Gasteiger partial charge in [0.15, 0.2) is 0 Å². The summed E-state index contributed by atoms with van der Waals surface area (Å²) in [7, 11) is -0.569. The van der Waals surface area contributed by atoms with Gasteiger partial charge in [0.2, 0.25) is 10.0 Å². The number of carbonyl (C=O) groups is 1. The number of carbonyl (C=O) groups excluding carboxylic acids is 1. The van der Waals surface area contributed by atoms with E-state index >= 15 is 0 Å². The van der Waals surface area contributed by atoms with Crippen LogP contribution < -0.4 is 10.1 Å². The molecule has 0 fully saturated rings. The van der Waals surface area contributed by atoms with Gasteiger partial charge in [0, 0.05) is 19.7 Å². The van der Waals surface area contributed by atoms with Crippen molar-refractivity contribution in [2.75, 3.05) is 27.2 Å². The minimum Gasteiger partial charge on any atom is -0.491 e. The topological polar surface area (TPSA) is 75.7 Å². The fourth-order valence-electron chi connectivity index (χ4n) is 2.44. The second-order valence-electron chi connectivity index (χ2n) is 6.14. The van der Waals surface area contributed by atoms with Gasteiger partial charge >= 0.3 is 0 Å². The first-order chi connectivity index (χ1) is 12.2. The second kappa shape index (κ2) is 8.33. The van der Waals surface area contributed by atoms with Gasteiger partial charge in [-0.15, -0.1) is 0 Å². The lowest BCUT2D eigenvalue weighted by Crippen LogP contribution is -2.28. The third kappa shape index (κ3) is 4.62. The van der Waals surface area contributed by atoms with Crippen molar-refractivity contribution in [2.45, 2.75) is 18.7 Å². The van der Waals surface area contributed by atoms with Crippen molar-refractivity contribution in [2.24, 2.45) is 0 Å². The third-order valence-corrected chi connectivity index (χ3v) is 5.77. The van der Waals surface area contributed by atoms with Crippen LogP contribution in [0.4, 0.5) is 0 Å². The van der Waals surface area contributed by atoms with Gasteiger partial charge in [-0.05, 0) is 49.2 Å². The van der Waals surface area contributed by atoms with Gasteiger partial charge in [0.25, 0.3) is 5.91 Å². The first-order valence-corrected chi connectivity index (χ1v) is 9.67. The van der Waals surface area contributed by atoms with Gasteiger partial charge in [-0.1, -0.05) is 18.2 Å². The van der Waals surface area contributed by atoms with Crippen molar-refractivity contribution in [3.05, 3.63) is 59.2 Å². The van der Waals surface area contributed by atoms with E-state index in [-0.39, 0.29) is 10.8 Å². The number of hydrogen-bond acceptors (Lipinski definition) is 4. The van der Waals surface area contributed by atoms with Crippen molar-refractivity contribution < 1.29 is 17.9 Å². The summed E-state index contributed by atoms with van der Waals surface area (Å²) >= 11 is 0. The molecule has 2 aromatic carbocycles. The molecule has 0 unspecified atom stereocenters. The molecule has 0 aliphatic heterocycles. The molecular weight excluding hydrogens is 352 g/mol. The summed E-state index contributed by atoms with van der Waals surface area (Å²) in [5, 5.41) is 2.77. The minimum atomic E-state index is -3.50. The Balaban J connectivity index is 1.90. The first kappa shape index (κ1) is 19.9. The van der Waals surface area contributed by atoms with Crippen molar-refractivity contribution in [3.63, 3.8) is 0 Å². The molecule has 0 aromatic heterocycles. The number of sulfonamides is 1. The van der Waals surface area contributed by atoms with Crippen LogP contribution in [0.3, 0.4) is 0 Å². The summed E-state index contributed by atoms with van der Waals surface area (Å²) in [4.78, 5) is 12.3. The Morgan fingerprint density at radius 1 is 1.04 bits per heavy atom. The maximum atomic E-state index is 12.2. The Hall–Kier alpha value is -2.38. The normalized spacial score (nSPS) is 11.4. The first-order valence-electron chi connectivity index (χ1n) is 8.23. The Bertz CT molecular complexity index is 855. The highest BCUT2D eigenvalue weighted by atomic mass is 32.2. The largest absolute Gasteiger partial charge is 0.491 e. The Morgan fingerprint density at radius 3 is 2.15 bits per heavy atom. The van der Waals surface area contributed by atoms with E-state index in [1.165, 1.54) is 38.4 Å². The summed E-state index contributed by atoms with van der Waals surface area (Å²) in [6, 6.07) is 11.8. The average Bonchev–Trinajstić information content (AvgIpc) is 2.60. The quantitative estimate of drug-likeness (QED) is 0.753. The molecule has 1 amide bonds. The number of para-hydroxylation sites is 1. The average molecular weight is 376 g/mol. The lowest BCUT2D eigenvalue weighted by atomic mass is 10.1. The van der Waals surface area contributed by atoms with Crippen molar-refractivity contribution in [3.8, 4) is 5.75 Å². The Labute approximate surface area is 154 Å². The number of benzene rings is 2. The maximum Gasteiger partial charge on any atom is 0.251 e. The minimum absolute atomic E-state index is 0.150. The molecule has 0 heterocycles. The molecule has 26 heavy (non-hydrogen) atoms. The number of hydrogen-bond donors (Lipinski definition) is 1. The molecular formula is C19H24N2O4S. The van der Waals surface area contributed by atoms with Gasteiger partial charge in [0.1, 0.15) is 12.4 Å². The van der Waals surface area contributed by atoms with E-state index in [0.29, 0.717) is 18.7 Å². The van der Waals surface area contributed by atoms with Crippen LogP contribution in [0.5, 0.6) is 5.75 Å². The van der Waals surface area contributed by atoms with Gasteiger partial charge in [-0.2, -0.15) is 0 Å². The molecule has 0 spiro atoms. The molecule has 0 saturated heterocycles. The fourth-order valence-corrected chi connectivity index (χ4v) is 3.34. The van der Waals surface area contributed by atoms with E-state index < -0.39 is 10.0 Å². The molecule has 0 bridgehead atoms. The van der Waals surface area contributed by atoms with Gasteiger partial charge in [-0.3, -0.25) is 4.79 Å². The number of aryl methyl sites for hydroxylation is 2. The zero-order chi connectivity index (χ0) is 19.3. The highest BCUT2D eigenvalue weighted by Gasteiger charge is 2.17. The molecule has 6 nitrogen and oxygen atoms in total. The number of ether oxygens (including phenoxy) is 1. The van der Waals surface area contributed by atoms with Crippen LogP contribution in [0.2, 0.25) is 0 Å². The van der Waals surface area contributed by atoms with Crippen LogP contribution >= 0.6 is 0 Å². The smallest absolute Gasteiger partial charge is 0.251 e. The van der Waals surface area contributed by atoms with Crippen molar-refractivity contribution >= 4 is 15.9 Å². The van der Waals surface area contributed by atoms with Crippen LogP contribution in [0.25, 0.3) is 0 Å². The van der Waals surface area contributed by atoms with Crippen LogP contribution in [0, 0.1) is 13.8 Å². The predicted molar refractivity (Wildman–Crippen MR) is 101 cm³/mol. The van der Waals surface area contributed by atoms with E-state index in [9.17, 15) is 13.2 Å². The molecule has 0 atom stereocenters. The SMILES string of the molecule is Cc1cccc(C)c1OCCNC(=O)c1ccc(S(=O)(=O)N(C)C)cc1. The lowest BCUT2D eigenvalue weighted by Gasteiger charge is -2.13. The van der Waals surface area contributed by atoms with Crippen molar-refractivity contribution in [1.82, 2.24) is 9.62 Å². The van der Waals surface area contributed by atoms with Gasteiger partial charge in [0.05, 0.1) is 11.4 Å². The standard InChI is InChI=1S/C19H24N2O4S/c1-14-6-5-7-15(2)18(14)25-13-12-20-19(22)16-8-10-17(11-9-16)26(23,24)21(3)4/h5-11H,12-13H2,1-4H3,(H,20,22). The number of nitrogens with zero attached hydrogens (tertiary/aromatic N) is 1. The molecule has 0 aliphatic rings. The van der Waals surface area contributed by atoms with Crippen molar-refractivity contribution in [1.29, 1.82) is 0 Å². The molecule has 7 heteroatoms. The third-order valence-electron chi connectivity index (χ3n) is 3.94. The molecule has 1 N–H and O–H groups in total. The second-order valence-corrected chi connectivity index (χ2v) is 8.29. The summed E-state index contributed by atoms with van der Waals surface area (Å²) in [6.07, 6.45) is 0. The Morgan fingerprint density at radius 2 is 1.62 bits per heavy atom.